The molecule has 0 N–H and O–H groups in total. The van der Waals surface area contributed by atoms with Crippen molar-refractivity contribution in [1.82, 2.24) is 0 Å². The molecule has 39 heavy (non-hydrogen) atoms. The molecule has 218 valence electrons. The Hall–Kier alpha value is -2.33. The van der Waals surface area contributed by atoms with E-state index in [-0.39, 0.29) is 12.8 Å². The predicted octanol–water partition coefficient (Wildman–Crippen LogP) is 9.26. The molecular weight excluding hydrogens is 482 g/mol. The van der Waals surface area contributed by atoms with Gasteiger partial charge in [-0.15, -0.1) is 0 Å². The number of quaternary nitrogens is 1. The minimum Gasteiger partial charge on any atom is -0.457 e. The first-order valence-corrected chi connectivity index (χ1v) is 15.7. The van der Waals surface area contributed by atoms with E-state index >= 15 is 0 Å². The van der Waals surface area contributed by atoms with Gasteiger partial charge in [0, 0.05) is 12.0 Å². The van der Waals surface area contributed by atoms with Gasteiger partial charge in [-0.05, 0) is 37.3 Å². The third-order valence-electron chi connectivity index (χ3n) is 7.55. The first-order chi connectivity index (χ1) is 19.0. The number of para-hydroxylation sites is 1. The fourth-order valence-electron chi connectivity index (χ4n) is 5.20. The number of hydrogen-bond donors (Lipinski definition) is 0. The van der Waals surface area contributed by atoms with E-state index in [4.69, 9.17) is 9.47 Å². The molecule has 0 aliphatic carbocycles. The highest BCUT2D eigenvalue weighted by Gasteiger charge is 2.16. The SMILES string of the molecule is CCCCCCCCCCCCCCc1ccccc1OCOC(=O)CCCC[N+](C)(C)Cc1ccccc1. The maximum atomic E-state index is 12.2. The molecule has 0 aliphatic rings. The number of nitrogens with zero attached hydrogens (tertiary/aromatic N) is 1. The molecule has 0 aliphatic heterocycles. The highest BCUT2D eigenvalue weighted by molar-refractivity contribution is 5.69. The zero-order chi connectivity index (χ0) is 28.0. The van der Waals surface area contributed by atoms with Crippen molar-refractivity contribution in [2.24, 2.45) is 0 Å². The lowest BCUT2D eigenvalue weighted by molar-refractivity contribution is -0.903. The first kappa shape index (κ1) is 32.9. The Morgan fingerprint density at radius 3 is 1.95 bits per heavy atom. The van der Waals surface area contributed by atoms with Gasteiger partial charge in [-0.3, -0.25) is 4.79 Å². The summed E-state index contributed by atoms with van der Waals surface area (Å²) in [6, 6.07) is 18.7. The van der Waals surface area contributed by atoms with E-state index in [1.165, 1.54) is 88.2 Å². The van der Waals surface area contributed by atoms with E-state index in [1.54, 1.807) is 0 Å². The monoisotopic (exact) mass is 538 g/mol. The minimum absolute atomic E-state index is 0.0101. The van der Waals surface area contributed by atoms with Gasteiger partial charge in [-0.2, -0.15) is 0 Å². The zero-order valence-corrected chi connectivity index (χ0v) is 25.3. The smallest absolute Gasteiger partial charge is 0.308 e. The molecule has 0 bridgehead atoms. The average molecular weight is 539 g/mol. The molecule has 4 heteroatoms. The van der Waals surface area contributed by atoms with Gasteiger partial charge >= 0.3 is 5.97 Å². The van der Waals surface area contributed by atoms with Crippen LogP contribution < -0.4 is 4.74 Å². The molecule has 4 nitrogen and oxygen atoms in total. The van der Waals surface area contributed by atoms with Crippen LogP contribution in [0.5, 0.6) is 5.75 Å². The molecule has 0 saturated carbocycles. The third kappa shape index (κ3) is 16.4. The summed E-state index contributed by atoms with van der Waals surface area (Å²) in [5.41, 5.74) is 2.55. The summed E-state index contributed by atoms with van der Waals surface area (Å²) in [4.78, 5) is 12.2. The van der Waals surface area contributed by atoms with Crippen molar-refractivity contribution in [3.8, 4) is 5.75 Å². The largest absolute Gasteiger partial charge is 0.457 e. The van der Waals surface area contributed by atoms with Crippen LogP contribution in [0.25, 0.3) is 0 Å². The third-order valence-corrected chi connectivity index (χ3v) is 7.55. The van der Waals surface area contributed by atoms with E-state index < -0.39 is 0 Å². The molecule has 0 aromatic heterocycles. The lowest BCUT2D eigenvalue weighted by atomic mass is 10.0. The minimum atomic E-state index is -0.179. The number of ether oxygens (including phenoxy) is 2. The van der Waals surface area contributed by atoms with Crippen LogP contribution in [-0.4, -0.2) is 37.9 Å². The van der Waals surface area contributed by atoms with E-state index in [0.717, 1.165) is 42.6 Å². The molecule has 0 saturated heterocycles. The number of carbonyl (C=O) groups excluding carboxylic acids is 1. The van der Waals surface area contributed by atoms with Crippen molar-refractivity contribution in [2.45, 2.75) is 116 Å². The quantitative estimate of drug-likeness (QED) is 0.0612. The van der Waals surface area contributed by atoms with Gasteiger partial charge in [0.1, 0.15) is 12.3 Å². The normalized spacial score (nSPS) is 11.5. The number of unbranched alkanes of at least 4 members (excludes halogenated alkanes) is 12. The molecule has 2 aromatic rings. The van der Waals surface area contributed by atoms with Crippen LogP contribution >= 0.6 is 0 Å². The summed E-state index contributed by atoms with van der Waals surface area (Å²) in [6.07, 6.45) is 19.6. The van der Waals surface area contributed by atoms with Gasteiger partial charge in [0.05, 0.1) is 20.6 Å². The highest BCUT2D eigenvalue weighted by Crippen LogP contribution is 2.21. The van der Waals surface area contributed by atoms with Gasteiger partial charge in [0.25, 0.3) is 0 Å². The van der Waals surface area contributed by atoms with E-state index in [9.17, 15) is 4.79 Å². The second-order valence-electron chi connectivity index (χ2n) is 11.8. The van der Waals surface area contributed by atoms with Crippen LogP contribution in [-0.2, 0) is 22.5 Å². The molecule has 0 fully saturated rings. The zero-order valence-electron chi connectivity index (χ0n) is 25.3. The lowest BCUT2D eigenvalue weighted by Crippen LogP contribution is -2.39. The molecule has 0 radical (unpaired) electrons. The van der Waals surface area contributed by atoms with Crippen molar-refractivity contribution in [2.75, 3.05) is 27.4 Å². The Balaban J connectivity index is 1.52. The number of hydrogen-bond acceptors (Lipinski definition) is 3. The molecule has 0 unspecified atom stereocenters. The number of esters is 1. The molecule has 0 heterocycles. The Labute approximate surface area is 239 Å². The Morgan fingerprint density at radius 1 is 0.692 bits per heavy atom. The summed E-state index contributed by atoms with van der Waals surface area (Å²) in [5, 5.41) is 0. The van der Waals surface area contributed by atoms with Crippen molar-refractivity contribution in [3.05, 3.63) is 65.7 Å². The van der Waals surface area contributed by atoms with Crippen molar-refractivity contribution >= 4 is 5.97 Å². The molecule has 0 amide bonds. The second-order valence-corrected chi connectivity index (χ2v) is 11.8. The van der Waals surface area contributed by atoms with Crippen LogP contribution in [0.4, 0.5) is 0 Å². The number of aryl methyl sites for hydroxylation is 1. The molecule has 0 spiro atoms. The van der Waals surface area contributed by atoms with Crippen LogP contribution in [0, 0.1) is 0 Å². The van der Waals surface area contributed by atoms with Crippen molar-refractivity contribution < 1.29 is 18.8 Å². The van der Waals surface area contributed by atoms with Crippen LogP contribution in [0.2, 0.25) is 0 Å². The van der Waals surface area contributed by atoms with Gasteiger partial charge < -0.3 is 14.0 Å². The van der Waals surface area contributed by atoms with Crippen LogP contribution in [0.1, 0.15) is 114 Å². The van der Waals surface area contributed by atoms with Crippen molar-refractivity contribution in [3.63, 3.8) is 0 Å². The average Bonchev–Trinajstić information content (AvgIpc) is 2.93. The standard InChI is InChI=1S/C35H56NO3/c1-4-5-6-7-8-9-10-11-12-13-14-18-25-33-26-19-20-27-34(33)38-31-39-35(37)28-21-22-29-36(2,3)30-32-23-16-15-17-24-32/h15-17,19-20,23-24,26-27H,4-14,18,21-22,25,28-31H2,1-3H3/q+1. The topological polar surface area (TPSA) is 35.5 Å². The number of rotatable bonds is 23. The van der Waals surface area contributed by atoms with Crippen molar-refractivity contribution in [1.29, 1.82) is 0 Å². The summed E-state index contributed by atoms with van der Waals surface area (Å²) in [5.74, 6) is 0.662. The van der Waals surface area contributed by atoms with E-state index in [2.05, 4.69) is 63.5 Å². The maximum absolute atomic E-state index is 12.2. The fraction of sp³-hybridized carbons (Fsp3) is 0.629. The van der Waals surface area contributed by atoms with Gasteiger partial charge in [-0.1, -0.05) is 126 Å². The van der Waals surface area contributed by atoms with Crippen LogP contribution in [0.15, 0.2) is 54.6 Å². The number of benzene rings is 2. The van der Waals surface area contributed by atoms with Gasteiger partial charge in [0.15, 0.2) is 0 Å². The van der Waals surface area contributed by atoms with Crippen LogP contribution in [0.3, 0.4) is 0 Å². The maximum Gasteiger partial charge on any atom is 0.308 e. The van der Waals surface area contributed by atoms with Gasteiger partial charge in [-0.25, -0.2) is 0 Å². The molecule has 2 aromatic carbocycles. The van der Waals surface area contributed by atoms with E-state index in [0.29, 0.717) is 6.42 Å². The summed E-state index contributed by atoms with van der Waals surface area (Å²) in [7, 11) is 4.49. The summed E-state index contributed by atoms with van der Waals surface area (Å²) in [6.45, 7) is 4.30. The Morgan fingerprint density at radius 2 is 1.28 bits per heavy atom. The number of carbonyl (C=O) groups is 1. The van der Waals surface area contributed by atoms with E-state index in [1.807, 2.05) is 12.1 Å². The molecule has 2 rings (SSSR count). The van der Waals surface area contributed by atoms with Gasteiger partial charge in [0.2, 0.25) is 6.79 Å². The lowest BCUT2D eigenvalue weighted by Gasteiger charge is -2.30. The Kier molecular flexibility index (Phi) is 17.3. The highest BCUT2D eigenvalue weighted by atomic mass is 16.7. The Bertz CT molecular complexity index is 880. The molecule has 0 atom stereocenters. The fourth-order valence-corrected chi connectivity index (χ4v) is 5.20. The molecular formula is C35H56NO3+. The first-order valence-electron chi connectivity index (χ1n) is 15.7. The predicted molar refractivity (Wildman–Crippen MR) is 164 cm³/mol. The summed E-state index contributed by atoms with van der Waals surface area (Å²) < 4.78 is 12.1. The second kappa shape index (κ2) is 20.6. The summed E-state index contributed by atoms with van der Waals surface area (Å²) >= 11 is 0.